The second-order valence-corrected chi connectivity index (χ2v) is 5.74. The van der Waals surface area contributed by atoms with E-state index in [9.17, 15) is 4.79 Å². The second-order valence-electron chi connectivity index (χ2n) is 5.74. The molecular formula is C20H26N2O3. The van der Waals surface area contributed by atoms with E-state index in [0.29, 0.717) is 26.2 Å². The van der Waals surface area contributed by atoms with Crippen molar-refractivity contribution < 1.29 is 14.3 Å². The van der Waals surface area contributed by atoms with Crippen molar-refractivity contribution in [3.8, 4) is 5.75 Å². The lowest BCUT2D eigenvalue weighted by Crippen LogP contribution is -2.37. The largest absolute Gasteiger partial charge is 0.497 e. The van der Waals surface area contributed by atoms with E-state index in [1.165, 1.54) is 0 Å². The molecule has 2 aromatic rings. The Morgan fingerprint density at radius 3 is 2.40 bits per heavy atom. The molecule has 25 heavy (non-hydrogen) atoms. The Morgan fingerprint density at radius 2 is 1.76 bits per heavy atom. The summed E-state index contributed by atoms with van der Waals surface area (Å²) >= 11 is 0. The van der Waals surface area contributed by atoms with Gasteiger partial charge in [0.1, 0.15) is 5.75 Å². The molecule has 0 saturated carbocycles. The SMILES string of the molecule is COCCCNC(=O)CN(Cc1ccccc1)c1ccc(OC)cc1. The van der Waals surface area contributed by atoms with Gasteiger partial charge < -0.3 is 19.7 Å². The maximum absolute atomic E-state index is 12.3. The number of ether oxygens (including phenoxy) is 2. The van der Waals surface area contributed by atoms with E-state index in [-0.39, 0.29) is 5.91 Å². The average molecular weight is 342 g/mol. The summed E-state index contributed by atoms with van der Waals surface area (Å²) in [5.74, 6) is 0.801. The van der Waals surface area contributed by atoms with Crippen molar-refractivity contribution in [1.29, 1.82) is 0 Å². The molecule has 0 spiro atoms. The molecule has 1 N–H and O–H groups in total. The minimum Gasteiger partial charge on any atom is -0.497 e. The van der Waals surface area contributed by atoms with Crippen LogP contribution in [-0.2, 0) is 16.1 Å². The summed E-state index contributed by atoms with van der Waals surface area (Å²) in [6, 6.07) is 17.9. The molecule has 0 heterocycles. The van der Waals surface area contributed by atoms with E-state index in [4.69, 9.17) is 9.47 Å². The Morgan fingerprint density at radius 1 is 1.04 bits per heavy atom. The number of carbonyl (C=O) groups is 1. The molecule has 0 radical (unpaired) electrons. The lowest BCUT2D eigenvalue weighted by atomic mass is 10.2. The van der Waals surface area contributed by atoms with Gasteiger partial charge in [-0.05, 0) is 36.2 Å². The molecule has 0 saturated heterocycles. The van der Waals surface area contributed by atoms with E-state index < -0.39 is 0 Å². The zero-order chi connectivity index (χ0) is 17.9. The summed E-state index contributed by atoms with van der Waals surface area (Å²) in [5, 5.41) is 2.94. The third kappa shape index (κ3) is 6.47. The molecule has 2 aromatic carbocycles. The summed E-state index contributed by atoms with van der Waals surface area (Å²) in [4.78, 5) is 14.3. The van der Waals surface area contributed by atoms with Crippen LogP contribution in [0.15, 0.2) is 54.6 Å². The number of benzene rings is 2. The summed E-state index contributed by atoms with van der Waals surface area (Å²) in [5.41, 5.74) is 2.14. The summed E-state index contributed by atoms with van der Waals surface area (Å²) in [7, 11) is 3.30. The Hall–Kier alpha value is -2.53. The molecule has 5 nitrogen and oxygen atoms in total. The normalized spacial score (nSPS) is 10.3. The van der Waals surface area contributed by atoms with Gasteiger partial charge in [-0.3, -0.25) is 4.79 Å². The second kappa shape index (κ2) is 10.4. The number of nitrogens with zero attached hydrogens (tertiary/aromatic N) is 1. The third-order valence-electron chi connectivity index (χ3n) is 3.84. The number of hydrogen-bond acceptors (Lipinski definition) is 4. The third-order valence-corrected chi connectivity index (χ3v) is 3.84. The molecule has 0 aliphatic rings. The zero-order valence-corrected chi connectivity index (χ0v) is 14.9. The first-order valence-electron chi connectivity index (χ1n) is 8.41. The Kier molecular flexibility index (Phi) is 7.79. The van der Waals surface area contributed by atoms with Crippen LogP contribution in [0, 0.1) is 0 Å². The van der Waals surface area contributed by atoms with Gasteiger partial charge in [-0.15, -0.1) is 0 Å². The topological polar surface area (TPSA) is 50.8 Å². The Labute approximate surface area is 149 Å². The van der Waals surface area contributed by atoms with Crippen LogP contribution in [0.25, 0.3) is 0 Å². The molecule has 0 aliphatic heterocycles. The van der Waals surface area contributed by atoms with Crippen molar-refractivity contribution in [2.75, 3.05) is 38.8 Å². The fraction of sp³-hybridized carbons (Fsp3) is 0.350. The Bertz CT molecular complexity index is 629. The first-order chi connectivity index (χ1) is 12.2. The van der Waals surface area contributed by atoms with Crippen LogP contribution in [0.1, 0.15) is 12.0 Å². The number of nitrogens with one attached hydrogen (secondary N) is 1. The lowest BCUT2D eigenvalue weighted by molar-refractivity contribution is -0.119. The minimum absolute atomic E-state index is 0.00264. The van der Waals surface area contributed by atoms with Crippen molar-refractivity contribution in [2.45, 2.75) is 13.0 Å². The van der Waals surface area contributed by atoms with Crippen LogP contribution in [0.4, 0.5) is 5.69 Å². The molecule has 0 aromatic heterocycles. The number of amides is 1. The minimum atomic E-state index is 0.00264. The van der Waals surface area contributed by atoms with Crippen LogP contribution in [0.2, 0.25) is 0 Å². The van der Waals surface area contributed by atoms with Crippen molar-refractivity contribution in [3.05, 3.63) is 60.2 Å². The highest BCUT2D eigenvalue weighted by Gasteiger charge is 2.12. The number of anilines is 1. The van der Waals surface area contributed by atoms with Crippen LogP contribution < -0.4 is 15.0 Å². The molecular weight excluding hydrogens is 316 g/mol. The maximum Gasteiger partial charge on any atom is 0.239 e. The molecule has 0 fully saturated rings. The predicted molar refractivity (Wildman–Crippen MR) is 100.0 cm³/mol. The van der Waals surface area contributed by atoms with Gasteiger partial charge in [-0.1, -0.05) is 30.3 Å². The maximum atomic E-state index is 12.3. The van der Waals surface area contributed by atoms with E-state index in [0.717, 1.165) is 23.4 Å². The standard InChI is InChI=1S/C20H26N2O3/c1-24-14-6-13-21-20(23)16-22(15-17-7-4-3-5-8-17)18-9-11-19(25-2)12-10-18/h3-5,7-12H,6,13-16H2,1-2H3,(H,21,23). The molecule has 0 unspecified atom stereocenters. The van der Waals surface area contributed by atoms with Crippen LogP contribution in [0.3, 0.4) is 0 Å². The first-order valence-corrected chi connectivity index (χ1v) is 8.41. The first kappa shape index (κ1) is 18.8. The van der Waals surface area contributed by atoms with Crippen molar-refractivity contribution in [2.24, 2.45) is 0 Å². The molecule has 5 heteroatoms. The summed E-state index contributed by atoms with van der Waals surface area (Å²) in [6.07, 6.45) is 0.809. The zero-order valence-electron chi connectivity index (χ0n) is 14.9. The highest BCUT2D eigenvalue weighted by molar-refractivity contribution is 5.81. The Balaban J connectivity index is 2.04. The summed E-state index contributed by atoms with van der Waals surface area (Å²) < 4.78 is 10.2. The molecule has 0 bridgehead atoms. The van der Waals surface area contributed by atoms with Gasteiger partial charge in [-0.2, -0.15) is 0 Å². The van der Waals surface area contributed by atoms with Gasteiger partial charge >= 0.3 is 0 Å². The lowest BCUT2D eigenvalue weighted by Gasteiger charge is -2.24. The van der Waals surface area contributed by atoms with Gasteiger partial charge in [0.05, 0.1) is 13.7 Å². The van der Waals surface area contributed by atoms with E-state index in [1.54, 1.807) is 14.2 Å². The van der Waals surface area contributed by atoms with Crippen molar-refractivity contribution >= 4 is 11.6 Å². The van der Waals surface area contributed by atoms with Gasteiger partial charge in [-0.25, -0.2) is 0 Å². The predicted octanol–water partition coefficient (Wildman–Crippen LogP) is 2.85. The number of rotatable bonds is 10. The fourth-order valence-corrected chi connectivity index (χ4v) is 2.51. The molecule has 1 amide bonds. The van der Waals surface area contributed by atoms with Crippen LogP contribution >= 0.6 is 0 Å². The average Bonchev–Trinajstić information content (AvgIpc) is 2.66. The van der Waals surface area contributed by atoms with Crippen LogP contribution in [0.5, 0.6) is 5.75 Å². The highest BCUT2D eigenvalue weighted by Crippen LogP contribution is 2.21. The van der Waals surface area contributed by atoms with Crippen LogP contribution in [-0.4, -0.2) is 39.8 Å². The molecule has 134 valence electrons. The van der Waals surface area contributed by atoms with Gasteiger partial charge in [0.25, 0.3) is 0 Å². The van der Waals surface area contributed by atoms with E-state index >= 15 is 0 Å². The number of hydrogen-bond donors (Lipinski definition) is 1. The molecule has 0 aliphatic carbocycles. The van der Waals surface area contributed by atoms with Crippen molar-refractivity contribution in [1.82, 2.24) is 5.32 Å². The van der Waals surface area contributed by atoms with Gasteiger partial charge in [0.2, 0.25) is 5.91 Å². The highest BCUT2D eigenvalue weighted by atomic mass is 16.5. The molecule has 0 atom stereocenters. The monoisotopic (exact) mass is 342 g/mol. The van der Waals surface area contributed by atoms with Gasteiger partial charge in [0.15, 0.2) is 0 Å². The quantitative estimate of drug-likeness (QED) is 0.675. The smallest absolute Gasteiger partial charge is 0.239 e. The van der Waals surface area contributed by atoms with Gasteiger partial charge in [0, 0.05) is 32.5 Å². The number of methoxy groups -OCH3 is 2. The number of carbonyl (C=O) groups excluding carboxylic acids is 1. The van der Waals surface area contributed by atoms with Crippen molar-refractivity contribution in [3.63, 3.8) is 0 Å². The van der Waals surface area contributed by atoms with E-state index in [1.807, 2.05) is 42.5 Å². The summed E-state index contributed by atoms with van der Waals surface area (Å²) in [6.45, 7) is 2.23. The fourth-order valence-electron chi connectivity index (χ4n) is 2.51. The van der Waals surface area contributed by atoms with E-state index in [2.05, 4.69) is 22.3 Å². The molecule has 2 rings (SSSR count).